The minimum absolute atomic E-state index is 0.148. The van der Waals surface area contributed by atoms with Crippen LogP contribution in [0.4, 0.5) is 0 Å². The Bertz CT molecular complexity index is 561. The number of nitrogens with zero attached hydrogens (tertiary/aromatic N) is 3. The standard InChI is InChI=1S/C21H34N4O2/c1-27-14-4-10-23-21(26)19-6-3-11-25(17-19)20-7-12-24(13-8-20)16-18-5-2-9-22-15-18/h2,5,9,15,19-20H,3-4,6-8,10-14,16-17H2,1H3,(H,23,26). The Morgan fingerprint density at radius 1 is 1.30 bits per heavy atom. The first-order valence-corrected chi connectivity index (χ1v) is 10.4. The zero-order chi connectivity index (χ0) is 18.9. The molecule has 2 aliphatic rings. The summed E-state index contributed by atoms with van der Waals surface area (Å²) in [5, 5.41) is 3.09. The number of amides is 1. The maximum atomic E-state index is 12.5. The lowest BCUT2D eigenvalue weighted by Crippen LogP contribution is -2.50. The van der Waals surface area contributed by atoms with Gasteiger partial charge in [-0.15, -0.1) is 0 Å². The van der Waals surface area contributed by atoms with Crippen LogP contribution in [0.15, 0.2) is 24.5 Å². The van der Waals surface area contributed by atoms with Crippen LogP contribution in [0.5, 0.6) is 0 Å². The van der Waals surface area contributed by atoms with Crippen molar-refractivity contribution in [3.63, 3.8) is 0 Å². The molecule has 3 rings (SSSR count). The van der Waals surface area contributed by atoms with Gasteiger partial charge in [-0.05, 0) is 63.4 Å². The second kappa shape index (κ2) is 10.7. The molecule has 1 N–H and O–H groups in total. The van der Waals surface area contributed by atoms with Crippen LogP contribution in [-0.4, -0.2) is 73.2 Å². The topological polar surface area (TPSA) is 57.7 Å². The zero-order valence-electron chi connectivity index (χ0n) is 16.6. The van der Waals surface area contributed by atoms with Crippen LogP contribution in [0.3, 0.4) is 0 Å². The normalized spacial score (nSPS) is 22.6. The molecule has 3 heterocycles. The van der Waals surface area contributed by atoms with Crippen molar-refractivity contribution in [3.05, 3.63) is 30.1 Å². The van der Waals surface area contributed by atoms with E-state index < -0.39 is 0 Å². The Morgan fingerprint density at radius 2 is 2.15 bits per heavy atom. The number of pyridine rings is 1. The van der Waals surface area contributed by atoms with Crippen molar-refractivity contribution in [2.75, 3.05) is 46.4 Å². The number of rotatable bonds is 8. The molecule has 6 nitrogen and oxygen atoms in total. The quantitative estimate of drug-likeness (QED) is 0.705. The van der Waals surface area contributed by atoms with E-state index in [0.29, 0.717) is 12.6 Å². The Kier molecular flexibility index (Phi) is 8.05. The van der Waals surface area contributed by atoms with Gasteiger partial charge in [0.25, 0.3) is 0 Å². The van der Waals surface area contributed by atoms with Crippen molar-refractivity contribution < 1.29 is 9.53 Å². The third kappa shape index (κ3) is 6.26. The van der Waals surface area contributed by atoms with E-state index in [1.54, 1.807) is 7.11 Å². The first-order chi connectivity index (χ1) is 13.3. The summed E-state index contributed by atoms with van der Waals surface area (Å²) in [6, 6.07) is 4.79. The number of ether oxygens (including phenoxy) is 1. The highest BCUT2D eigenvalue weighted by molar-refractivity contribution is 5.78. The molecule has 0 spiro atoms. The lowest BCUT2D eigenvalue weighted by molar-refractivity contribution is -0.127. The van der Waals surface area contributed by atoms with Gasteiger partial charge in [-0.2, -0.15) is 0 Å². The van der Waals surface area contributed by atoms with E-state index in [1.165, 1.54) is 18.4 Å². The van der Waals surface area contributed by atoms with Crippen LogP contribution in [0.2, 0.25) is 0 Å². The number of hydrogen-bond donors (Lipinski definition) is 1. The fourth-order valence-corrected chi connectivity index (χ4v) is 4.32. The number of carbonyl (C=O) groups excluding carboxylic acids is 1. The number of carbonyl (C=O) groups is 1. The number of methoxy groups -OCH3 is 1. The number of nitrogens with one attached hydrogen (secondary N) is 1. The molecule has 0 bridgehead atoms. The monoisotopic (exact) mass is 374 g/mol. The van der Waals surface area contributed by atoms with Gasteiger partial charge in [0, 0.05) is 51.8 Å². The molecule has 1 aromatic heterocycles. The largest absolute Gasteiger partial charge is 0.385 e. The molecule has 0 aliphatic carbocycles. The second-order valence-electron chi connectivity index (χ2n) is 7.84. The fraction of sp³-hybridized carbons (Fsp3) is 0.714. The lowest BCUT2D eigenvalue weighted by atomic mass is 9.93. The third-order valence-corrected chi connectivity index (χ3v) is 5.85. The van der Waals surface area contributed by atoms with Gasteiger partial charge in [0.2, 0.25) is 5.91 Å². The fourth-order valence-electron chi connectivity index (χ4n) is 4.32. The molecule has 1 amide bonds. The summed E-state index contributed by atoms with van der Waals surface area (Å²) in [6.45, 7) is 6.73. The first-order valence-electron chi connectivity index (χ1n) is 10.4. The molecule has 2 aliphatic heterocycles. The summed E-state index contributed by atoms with van der Waals surface area (Å²) >= 11 is 0. The summed E-state index contributed by atoms with van der Waals surface area (Å²) in [7, 11) is 1.70. The number of likely N-dealkylation sites (tertiary alicyclic amines) is 2. The predicted molar refractivity (Wildman–Crippen MR) is 106 cm³/mol. The van der Waals surface area contributed by atoms with E-state index >= 15 is 0 Å². The summed E-state index contributed by atoms with van der Waals surface area (Å²) in [6.07, 6.45) is 9.22. The zero-order valence-corrected chi connectivity index (χ0v) is 16.6. The molecule has 0 radical (unpaired) electrons. The summed E-state index contributed by atoms with van der Waals surface area (Å²) in [4.78, 5) is 21.8. The Labute approximate surface area is 163 Å². The van der Waals surface area contributed by atoms with E-state index in [1.807, 2.05) is 18.5 Å². The minimum atomic E-state index is 0.148. The van der Waals surface area contributed by atoms with Gasteiger partial charge >= 0.3 is 0 Å². The van der Waals surface area contributed by atoms with Gasteiger partial charge in [0.15, 0.2) is 0 Å². The van der Waals surface area contributed by atoms with Crippen molar-refractivity contribution in [2.24, 2.45) is 5.92 Å². The van der Waals surface area contributed by atoms with E-state index in [-0.39, 0.29) is 11.8 Å². The molecular formula is C21H34N4O2. The van der Waals surface area contributed by atoms with Crippen LogP contribution in [-0.2, 0) is 16.1 Å². The van der Waals surface area contributed by atoms with Crippen molar-refractivity contribution in [1.82, 2.24) is 20.1 Å². The first kappa shape index (κ1) is 20.2. The average Bonchev–Trinajstić information content (AvgIpc) is 2.72. The number of aromatic nitrogens is 1. The highest BCUT2D eigenvalue weighted by atomic mass is 16.5. The maximum Gasteiger partial charge on any atom is 0.224 e. The van der Waals surface area contributed by atoms with Crippen molar-refractivity contribution in [2.45, 2.75) is 44.7 Å². The molecule has 2 saturated heterocycles. The van der Waals surface area contributed by atoms with Gasteiger partial charge in [0.1, 0.15) is 0 Å². The molecule has 0 saturated carbocycles. The highest BCUT2D eigenvalue weighted by Crippen LogP contribution is 2.24. The molecule has 1 atom stereocenters. The Morgan fingerprint density at radius 3 is 2.89 bits per heavy atom. The number of piperidine rings is 2. The van der Waals surface area contributed by atoms with Crippen molar-refractivity contribution in [3.8, 4) is 0 Å². The van der Waals surface area contributed by atoms with E-state index in [0.717, 1.165) is 58.5 Å². The number of hydrogen-bond acceptors (Lipinski definition) is 5. The van der Waals surface area contributed by atoms with Gasteiger partial charge in [0.05, 0.1) is 5.92 Å². The molecule has 27 heavy (non-hydrogen) atoms. The predicted octanol–water partition coefficient (Wildman–Crippen LogP) is 1.91. The summed E-state index contributed by atoms with van der Waals surface area (Å²) in [5.41, 5.74) is 1.29. The Balaban J connectivity index is 1.40. The van der Waals surface area contributed by atoms with Crippen LogP contribution >= 0.6 is 0 Å². The van der Waals surface area contributed by atoms with Gasteiger partial charge < -0.3 is 10.1 Å². The highest BCUT2D eigenvalue weighted by Gasteiger charge is 2.31. The smallest absolute Gasteiger partial charge is 0.224 e. The molecule has 0 aromatic carbocycles. The van der Waals surface area contributed by atoms with E-state index in [2.05, 4.69) is 26.2 Å². The molecular weight excluding hydrogens is 340 g/mol. The van der Waals surface area contributed by atoms with Crippen molar-refractivity contribution >= 4 is 5.91 Å². The summed E-state index contributed by atoms with van der Waals surface area (Å²) in [5.74, 6) is 0.375. The Hall–Kier alpha value is -1.50. The molecule has 1 unspecified atom stereocenters. The van der Waals surface area contributed by atoms with Crippen LogP contribution in [0, 0.1) is 5.92 Å². The molecule has 6 heteroatoms. The molecule has 1 aromatic rings. The third-order valence-electron chi connectivity index (χ3n) is 5.85. The lowest BCUT2D eigenvalue weighted by Gasteiger charge is -2.42. The van der Waals surface area contributed by atoms with Crippen LogP contribution < -0.4 is 5.32 Å². The van der Waals surface area contributed by atoms with Gasteiger partial charge in [-0.3, -0.25) is 19.6 Å². The van der Waals surface area contributed by atoms with Crippen LogP contribution in [0.1, 0.15) is 37.7 Å². The average molecular weight is 375 g/mol. The SMILES string of the molecule is COCCCNC(=O)C1CCCN(C2CCN(Cc3cccnc3)CC2)C1. The minimum Gasteiger partial charge on any atom is -0.385 e. The van der Waals surface area contributed by atoms with Gasteiger partial charge in [-0.25, -0.2) is 0 Å². The van der Waals surface area contributed by atoms with E-state index in [9.17, 15) is 4.79 Å². The molecule has 2 fully saturated rings. The van der Waals surface area contributed by atoms with Crippen molar-refractivity contribution in [1.29, 1.82) is 0 Å². The summed E-state index contributed by atoms with van der Waals surface area (Å²) < 4.78 is 5.04. The molecule has 150 valence electrons. The van der Waals surface area contributed by atoms with Gasteiger partial charge in [-0.1, -0.05) is 6.07 Å². The second-order valence-corrected chi connectivity index (χ2v) is 7.84. The van der Waals surface area contributed by atoms with E-state index in [4.69, 9.17) is 4.74 Å². The van der Waals surface area contributed by atoms with Crippen LogP contribution in [0.25, 0.3) is 0 Å². The maximum absolute atomic E-state index is 12.5.